The van der Waals surface area contributed by atoms with Crippen LogP contribution >= 0.6 is 15.9 Å². The number of carbonyl (C=O) groups is 1. The Morgan fingerprint density at radius 2 is 1.73 bits per heavy atom. The number of benzene rings is 2. The van der Waals surface area contributed by atoms with Crippen LogP contribution in [-0.2, 0) is 21.2 Å². The van der Waals surface area contributed by atoms with Crippen LogP contribution in [0.4, 0.5) is 11.4 Å². The number of aryl methyl sites for hydroxylation is 3. The number of aromatic nitrogens is 1. The SMILES string of the molecule is Cc1ccc(NC(=O)CCc2c(C)noc2C)cc1S(=O)(=O)Nc1ccc(Br)cc1. The summed E-state index contributed by atoms with van der Waals surface area (Å²) < 4.78 is 34.2. The number of amides is 1. The summed E-state index contributed by atoms with van der Waals surface area (Å²) in [6, 6.07) is 11.6. The van der Waals surface area contributed by atoms with Crippen molar-refractivity contribution in [2.45, 2.75) is 38.5 Å². The second kappa shape index (κ2) is 9.01. The number of hydrogen-bond donors (Lipinski definition) is 2. The highest BCUT2D eigenvalue weighted by molar-refractivity contribution is 9.10. The Kier molecular flexibility index (Phi) is 6.62. The Labute approximate surface area is 184 Å². The molecule has 0 unspecified atom stereocenters. The van der Waals surface area contributed by atoms with Crippen molar-refractivity contribution in [1.82, 2.24) is 5.16 Å². The molecule has 1 aromatic heterocycles. The van der Waals surface area contributed by atoms with Gasteiger partial charge in [-0.15, -0.1) is 0 Å². The number of carbonyl (C=O) groups excluding carboxylic acids is 1. The fourth-order valence-electron chi connectivity index (χ4n) is 3.02. The molecule has 1 amide bonds. The third-order valence-corrected chi connectivity index (χ3v) is 6.69. The summed E-state index contributed by atoms with van der Waals surface area (Å²) in [5.41, 5.74) is 3.12. The summed E-state index contributed by atoms with van der Waals surface area (Å²) >= 11 is 3.32. The van der Waals surface area contributed by atoms with Crippen molar-refractivity contribution in [2.24, 2.45) is 0 Å². The fraction of sp³-hybridized carbons (Fsp3) is 0.238. The van der Waals surface area contributed by atoms with Gasteiger partial charge in [0.15, 0.2) is 0 Å². The van der Waals surface area contributed by atoms with Gasteiger partial charge in [0.1, 0.15) is 5.76 Å². The number of halogens is 1. The molecule has 0 saturated carbocycles. The van der Waals surface area contributed by atoms with Gasteiger partial charge in [-0.1, -0.05) is 27.2 Å². The highest BCUT2D eigenvalue weighted by atomic mass is 79.9. The van der Waals surface area contributed by atoms with Crippen LogP contribution in [0.2, 0.25) is 0 Å². The van der Waals surface area contributed by atoms with Crippen LogP contribution in [0.1, 0.15) is 29.0 Å². The molecular formula is C21H22BrN3O4S. The maximum Gasteiger partial charge on any atom is 0.262 e. The minimum Gasteiger partial charge on any atom is -0.361 e. The maximum atomic E-state index is 12.8. The average molecular weight is 492 g/mol. The van der Waals surface area contributed by atoms with Gasteiger partial charge in [-0.2, -0.15) is 0 Å². The molecule has 0 spiro atoms. The molecule has 2 aromatic carbocycles. The molecule has 0 fully saturated rings. The van der Waals surface area contributed by atoms with Crippen LogP contribution in [0.3, 0.4) is 0 Å². The predicted molar refractivity (Wildman–Crippen MR) is 119 cm³/mol. The smallest absolute Gasteiger partial charge is 0.262 e. The first-order valence-corrected chi connectivity index (χ1v) is 11.5. The molecule has 0 bridgehead atoms. The third kappa shape index (κ3) is 5.28. The molecule has 3 aromatic rings. The van der Waals surface area contributed by atoms with E-state index in [1.807, 2.05) is 13.8 Å². The van der Waals surface area contributed by atoms with E-state index >= 15 is 0 Å². The topological polar surface area (TPSA) is 101 Å². The van der Waals surface area contributed by atoms with E-state index in [1.54, 1.807) is 43.3 Å². The van der Waals surface area contributed by atoms with E-state index in [-0.39, 0.29) is 17.2 Å². The molecule has 0 saturated heterocycles. The van der Waals surface area contributed by atoms with Crippen molar-refractivity contribution in [3.63, 3.8) is 0 Å². The van der Waals surface area contributed by atoms with Crippen LogP contribution in [0.15, 0.2) is 56.4 Å². The predicted octanol–water partition coefficient (Wildman–Crippen LogP) is 4.73. The number of rotatable bonds is 7. The fourth-order valence-corrected chi connectivity index (χ4v) is 4.61. The van der Waals surface area contributed by atoms with Crippen molar-refractivity contribution in [3.05, 3.63) is 69.5 Å². The molecule has 158 valence electrons. The molecule has 30 heavy (non-hydrogen) atoms. The number of nitrogens with zero attached hydrogens (tertiary/aromatic N) is 1. The van der Waals surface area contributed by atoms with E-state index in [1.165, 1.54) is 6.07 Å². The molecule has 9 heteroatoms. The van der Waals surface area contributed by atoms with Gasteiger partial charge in [-0.05, 0) is 69.2 Å². The number of anilines is 2. The second-order valence-corrected chi connectivity index (χ2v) is 9.51. The molecule has 0 aliphatic rings. The third-order valence-electron chi connectivity index (χ3n) is 4.64. The molecule has 3 rings (SSSR count). The van der Waals surface area contributed by atoms with Crippen LogP contribution < -0.4 is 10.0 Å². The Hall–Kier alpha value is -2.65. The first kappa shape index (κ1) is 22.0. The van der Waals surface area contributed by atoms with Crippen molar-refractivity contribution < 1.29 is 17.7 Å². The molecule has 0 radical (unpaired) electrons. The normalized spacial score (nSPS) is 11.3. The van der Waals surface area contributed by atoms with E-state index in [2.05, 4.69) is 31.1 Å². The zero-order valence-corrected chi connectivity index (χ0v) is 19.2. The zero-order valence-electron chi connectivity index (χ0n) is 16.8. The van der Waals surface area contributed by atoms with Gasteiger partial charge in [-0.25, -0.2) is 8.42 Å². The lowest BCUT2D eigenvalue weighted by Gasteiger charge is -2.13. The summed E-state index contributed by atoms with van der Waals surface area (Å²) in [5, 5.41) is 6.65. The molecule has 1 heterocycles. The van der Waals surface area contributed by atoms with Gasteiger partial charge in [0.05, 0.1) is 10.6 Å². The Bertz CT molecular complexity index is 1150. The van der Waals surface area contributed by atoms with Crippen LogP contribution in [0, 0.1) is 20.8 Å². The standard InChI is InChI=1S/C21H22BrN3O4S/c1-13-4-7-18(23-21(26)11-10-19-14(2)24-29-15(19)3)12-20(13)30(27,28)25-17-8-5-16(22)6-9-17/h4-9,12,25H,10-11H2,1-3H3,(H,23,26). The van der Waals surface area contributed by atoms with Gasteiger partial charge in [0.2, 0.25) is 5.91 Å². The summed E-state index contributed by atoms with van der Waals surface area (Å²) in [5.74, 6) is 0.478. The first-order valence-electron chi connectivity index (χ1n) is 9.26. The largest absolute Gasteiger partial charge is 0.361 e. The van der Waals surface area contributed by atoms with Crippen molar-refractivity contribution in [3.8, 4) is 0 Å². The molecular weight excluding hydrogens is 470 g/mol. The van der Waals surface area contributed by atoms with Gasteiger partial charge in [0, 0.05) is 27.8 Å². The monoisotopic (exact) mass is 491 g/mol. The van der Waals surface area contributed by atoms with Crippen LogP contribution in [-0.4, -0.2) is 19.5 Å². The van der Waals surface area contributed by atoms with E-state index in [9.17, 15) is 13.2 Å². The van der Waals surface area contributed by atoms with E-state index in [0.717, 1.165) is 15.7 Å². The second-order valence-electron chi connectivity index (χ2n) is 6.94. The average Bonchev–Trinajstić information content (AvgIpc) is 3.01. The number of sulfonamides is 1. The molecule has 0 atom stereocenters. The van der Waals surface area contributed by atoms with Gasteiger partial charge < -0.3 is 9.84 Å². The Balaban J connectivity index is 1.72. The number of hydrogen-bond acceptors (Lipinski definition) is 5. The molecule has 2 N–H and O–H groups in total. The lowest BCUT2D eigenvalue weighted by Crippen LogP contribution is -2.16. The van der Waals surface area contributed by atoms with Crippen molar-refractivity contribution >= 4 is 43.2 Å². The minimum atomic E-state index is -3.81. The highest BCUT2D eigenvalue weighted by Crippen LogP contribution is 2.24. The summed E-state index contributed by atoms with van der Waals surface area (Å²) in [6.07, 6.45) is 0.727. The van der Waals surface area contributed by atoms with Crippen molar-refractivity contribution in [2.75, 3.05) is 10.0 Å². The molecule has 7 nitrogen and oxygen atoms in total. The summed E-state index contributed by atoms with van der Waals surface area (Å²) in [6.45, 7) is 5.35. The minimum absolute atomic E-state index is 0.106. The Morgan fingerprint density at radius 1 is 1.07 bits per heavy atom. The van der Waals surface area contributed by atoms with Crippen molar-refractivity contribution in [1.29, 1.82) is 0 Å². The van der Waals surface area contributed by atoms with Crippen LogP contribution in [0.25, 0.3) is 0 Å². The van der Waals surface area contributed by atoms with Gasteiger partial charge in [-0.3, -0.25) is 9.52 Å². The molecule has 0 aliphatic carbocycles. The van der Waals surface area contributed by atoms with Gasteiger partial charge >= 0.3 is 0 Å². The Morgan fingerprint density at radius 3 is 2.37 bits per heavy atom. The van der Waals surface area contributed by atoms with E-state index < -0.39 is 10.0 Å². The maximum absolute atomic E-state index is 12.8. The van der Waals surface area contributed by atoms with Gasteiger partial charge in [0.25, 0.3) is 10.0 Å². The zero-order chi connectivity index (χ0) is 21.9. The quantitative estimate of drug-likeness (QED) is 0.497. The lowest BCUT2D eigenvalue weighted by atomic mass is 10.1. The summed E-state index contributed by atoms with van der Waals surface area (Å²) in [7, 11) is -3.81. The van der Waals surface area contributed by atoms with Crippen LogP contribution in [0.5, 0.6) is 0 Å². The van der Waals surface area contributed by atoms with E-state index in [0.29, 0.717) is 29.1 Å². The molecule has 0 aliphatic heterocycles. The first-order chi connectivity index (χ1) is 14.2. The summed E-state index contributed by atoms with van der Waals surface area (Å²) in [4.78, 5) is 12.5. The number of nitrogens with one attached hydrogen (secondary N) is 2. The highest BCUT2D eigenvalue weighted by Gasteiger charge is 2.18. The lowest BCUT2D eigenvalue weighted by molar-refractivity contribution is -0.116. The van der Waals surface area contributed by atoms with E-state index in [4.69, 9.17) is 4.52 Å².